The van der Waals surface area contributed by atoms with E-state index in [9.17, 15) is 14.4 Å². The number of ether oxygens (including phenoxy) is 2. The summed E-state index contributed by atoms with van der Waals surface area (Å²) in [6.45, 7) is 5.87. The Morgan fingerprint density at radius 1 is 1.03 bits per heavy atom. The Labute approximate surface area is 175 Å². The van der Waals surface area contributed by atoms with Crippen LogP contribution in [0.15, 0.2) is 48.5 Å². The highest BCUT2D eigenvalue weighted by atomic mass is 16.5. The molecule has 1 atom stereocenters. The molecular formula is C22H25N3O5. The second-order valence-electron chi connectivity index (χ2n) is 6.89. The van der Waals surface area contributed by atoms with E-state index < -0.39 is 29.9 Å². The molecule has 0 spiro atoms. The Morgan fingerprint density at radius 2 is 1.70 bits per heavy atom. The van der Waals surface area contributed by atoms with Crippen LogP contribution < -0.4 is 20.1 Å². The van der Waals surface area contributed by atoms with E-state index >= 15 is 0 Å². The Kier molecular flexibility index (Phi) is 6.25. The highest BCUT2D eigenvalue weighted by molar-refractivity contribution is 6.10. The monoisotopic (exact) mass is 411 g/mol. The summed E-state index contributed by atoms with van der Waals surface area (Å²) in [5.74, 6) is 0.104. The molecule has 0 saturated carbocycles. The first kappa shape index (κ1) is 21.2. The number of hydrogen-bond acceptors (Lipinski definition) is 5. The maximum Gasteiger partial charge on any atom is 0.325 e. The predicted octanol–water partition coefficient (Wildman–Crippen LogP) is 2.89. The van der Waals surface area contributed by atoms with Crippen LogP contribution in [0.3, 0.4) is 0 Å². The molecule has 1 fully saturated rings. The van der Waals surface area contributed by atoms with Crippen molar-refractivity contribution in [2.75, 3.05) is 25.1 Å². The third-order valence-corrected chi connectivity index (χ3v) is 4.75. The van der Waals surface area contributed by atoms with Gasteiger partial charge in [-0.3, -0.25) is 14.5 Å². The van der Waals surface area contributed by atoms with Crippen molar-refractivity contribution < 1.29 is 23.9 Å². The molecule has 0 unspecified atom stereocenters. The maximum absolute atomic E-state index is 12.9. The van der Waals surface area contributed by atoms with Crippen LogP contribution in [0.4, 0.5) is 10.5 Å². The van der Waals surface area contributed by atoms with Gasteiger partial charge in [-0.1, -0.05) is 30.3 Å². The molecule has 1 saturated heterocycles. The third kappa shape index (κ3) is 4.22. The Hall–Kier alpha value is -3.55. The van der Waals surface area contributed by atoms with Crippen LogP contribution >= 0.6 is 0 Å². The molecule has 2 aromatic rings. The van der Waals surface area contributed by atoms with E-state index in [0.29, 0.717) is 36.0 Å². The number of imide groups is 1. The SMILES string of the molecule is CCOc1ccc(NC(=O)CN2C(=O)N[C@](C)(c3ccccc3)C2=O)cc1OCC. The van der Waals surface area contributed by atoms with Crippen LogP contribution in [0.2, 0.25) is 0 Å². The van der Waals surface area contributed by atoms with Gasteiger partial charge >= 0.3 is 6.03 Å². The van der Waals surface area contributed by atoms with Crippen molar-refractivity contribution in [2.45, 2.75) is 26.3 Å². The van der Waals surface area contributed by atoms with E-state index in [1.165, 1.54) is 0 Å². The van der Waals surface area contributed by atoms with Gasteiger partial charge in [0.25, 0.3) is 5.91 Å². The molecule has 1 heterocycles. The molecule has 3 rings (SSSR count). The van der Waals surface area contributed by atoms with Gasteiger partial charge in [-0.2, -0.15) is 0 Å². The van der Waals surface area contributed by atoms with Crippen LogP contribution in [0.1, 0.15) is 26.3 Å². The van der Waals surface area contributed by atoms with Gasteiger partial charge in [-0.15, -0.1) is 0 Å². The minimum atomic E-state index is -1.21. The van der Waals surface area contributed by atoms with E-state index in [2.05, 4.69) is 10.6 Å². The van der Waals surface area contributed by atoms with Gasteiger partial charge < -0.3 is 20.1 Å². The zero-order valence-corrected chi connectivity index (χ0v) is 17.2. The molecule has 0 radical (unpaired) electrons. The van der Waals surface area contributed by atoms with Crippen LogP contribution in [-0.4, -0.2) is 42.5 Å². The average molecular weight is 411 g/mol. The number of rotatable bonds is 8. The molecule has 30 heavy (non-hydrogen) atoms. The molecule has 0 aromatic heterocycles. The van der Waals surface area contributed by atoms with Crippen molar-refractivity contribution in [3.63, 3.8) is 0 Å². The number of urea groups is 1. The van der Waals surface area contributed by atoms with Gasteiger partial charge in [-0.05, 0) is 38.5 Å². The van der Waals surface area contributed by atoms with Crippen molar-refractivity contribution in [3.8, 4) is 11.5 Å². The summed E-state index contributed by atoms with van der Waals surface area (Å²) in [5, 5.41) is 5.38. The molecular weight excluding hydrogens is 386 g/mol. The molecule has 2 aromatic carbocycles. The van der Waals surface area contributed by atoms with E-state index in [1.807, 2.05) is 19.9 Å². The largest absolute Gasteiger partial charge is 0.490 e. The molecule has 1 aliphatic rings. The maximum atomic E-state index is 12.9. The van der Waals surface area contributed by atoms with Crippen molar-refractivity contribution in [1.29, 1.82) is 0 Å². The normalized spacial score (nSPS) is 18.2. The fourth-order valence-corrected chi connectivity index (χ4v) is 3.28. The number of nitrogens with one attached hydrogen (secondary N) is 2. The number of hydrogen-bond donors (Lipinski definition) is 2. The highest BCUT2D eigenvalue weighted by Gasteiger charge is 2.49. The summed E-state index contributed by atoms with van der Waals surface area (Å²) < 4.78 is 11.1. The quantitative estimate of drug-likeness (QED) is 0.651. The molecule has 158 valence electrons. The van der Waals surface area contributed by atoms with Gasteiger partial charge in [0.15, 0.2) is 11.5 Å². The Bertz CT molecular complexity index is 947. The first-order valence-electron chi connectivity index (χ1n) is 9.78. The molecule has 2 N–H and O–H groups in total. The van der Waals surface area contributed by atoms with Crippen LogP contribution in [0.5, 0.6) is 11.5 Å². The zero-order chi connectivity index (χ0) is 21.7. The van der Waals surface area contributed by atoms with Crippen molar-refractivity contribution in [2.24, 2.45) is 0 Å². The van der Waals surface area contributed by atoms with E-state index in [-0.39, 0.29) is 0 Å². The second kappa shape index (κ2) is 8.86. The lowest BCUT2D eigenvalue weighted by Gasteiger charge is -2.22. The average Bonchev–Trinajstić information content (AvgIpc) is 2.95. The number of carbonyl (C=O) groups excluding carboxylic acids is 3. The number of amides is 4. The van der Waals surface area contributed by atoms with Crippen LogP contribution in [-0.2, 0) is 15.1 Å². The minimum Gasteiger partial charge on any atom is -0.490 e. The zero-order valence-electron chi connectivity index (χ0n) is 17.2. The molecule has 1 aliphatic heterocycles. The van der Waals surface area contributed by atoms with Gasteiger partial charge in [0.2, 0.25) is 5.91 Å². The lowest BCUT2D eigenvalue weighted by molar-refractivity contribution is -0.133. The van der Waals surface area contributed by atoms with Gasteiger partial charge in [-0.25, -0.2) is 4.79 Å². The van der Waals surface area contributed by atoms with Gasteiger partial charge in [0.1, 0.15) is 12.1 Å². The number of anilines is 1. The predicted molar refractivity (Wildman–Crippen MR) is 111 cm³/mol. The van der Waals surface area contributed by atoms with E-state index in [1.54, 1.807) is 49.4 Å². The fourth-order valence-electron chi connectivity index (χ4n) is 3.28. The van der Waals surface area contributed by atoms with Gasteiger partial charge in [0.05, 0.1) is 13.2 Å². The number of carbonyl (C=O) groups is 3. The summed E-state index contributed by atoms with van der Waals surface area (Å²) in [4.78, 5) is 38.7. The summed E-state index contributed by atoms with van der Waals surface area (Å²) in [6.07, 6.45) is 0. The number of nitrogens with zero attached hydrogens (tertiary/aromatic N) is 1. The fraction of sp³-hybridized carbons (Fsp3) is 0.318. The molecule has 8 heteroatoms. The smallest absolute Gasteiger partial charge is 0.325 e. The standard InChI is InChI=1S/C22H25N3O5/c1-4-29-17-12-11-16(13-18(17)30-5-2)23-19(26)14-25-20(27)22(3,24-21(25)28)15-9-7-6-8-10-15/h6-13H,4-5,14H2,1-3H3,(H,23,26)(H,24,28)/t22-/m1/s1. The van der Waals surface area contributed by atoms with E-state index in [4.69, 9.17) is 9.47 Å². The molecule has 8 nitrogen and oxygen atoms in total. The highest BCUT2D eigenvalue weighted by Crippen LogP contribution is 2.31. The Morgan fingerprint density at radius 3 is 2.37 bits per heavy atom. The second-order valence-corrected chi connectivity index (χ2v) is 6.89. The lowest BCUT2D eigenvalue weighted by atomic mass is 9.92. The lowest BCUT2D eigenvalue weighted by Crippen LogP contribution is -2.42. The first-order chi connectivity index (χ1) is 14.4. The summed E-state index contributed by atoms with van der Waals surface area (Å²) in [7, 11) is 0. The third-order valence-electron chi connectivity index (χ3n) is 4.75. The van der Waals surface area contributed by atoms with Crippen molar-refractivity contribution >= 4 is 23.5 Å². The van der Waals surface area contributed by atoms with Crippen molar-refractivity contribution in [1.82, 2.24) is 10.2 Å². The summed E-state index contributed by atoms with van der Waals surface area (Å²) in [6, 6.07) is 13.3. The Balaban J connectivity index is 1.71. The van der Waals surface area contributed by atoms with Crippen molar-refractivity contribution in [3.05, 3.63) is 54.1 Å². The summed E-state index contributed by atoms with van der Waals surface area (Å²) in [5.41, 5.74) is -0.0798. The van der Waals surface area contributed by atoms with Crippen LogP contribution in [0.25, 0.3) is 0 Å². The van der Waals surface area contributed by atoms with Crippen LogP contribution in [0, 0.1) is 0 Å². The topological polar surface area (TPSA) is 97.0 Å². The minimum absolute atomic E-state index is 0.399. The first-order valence-corrected chi connectivity index (χ1v) is 9.78. The molecule has 0 bridgehead atoms. The molecule has 4 amide bonds. The summed E-state index contributed by atoms with van der Waals surface area (Å²) >= 11 is 0. The number of benzene rings is 2. The van der Waals surface area contributed by atoms with Gasteiger partial charge in [0, 0.05) is 11.8 Å². The molecule has 0 aliphatic carbocycles. The van der Waals surface area contributed by atoms with E-state index in [0.717, 1.165) is 4.90 Å².